The van der Waals surface area contributed by atoms with Crippen LogP contribution in [0.4, 0.5) is 0 Å². The maximum Gasteiger partial charge on any atom is 0.0458 e. The van der Waals surface area contributed by atoms with Crippen LogP contribution in [0.15, 0.2) is 28.9 Å². The van der Waals surface area contributed by atoms with Gasteiger partial charge in [0.05, 0.1) is 0 Å². The lowest BCUT2D eigenvalue weighted by Gasteiger charge is -2.32. The number of H-pyrrole nitrogens is 1. The molecule has 20 heavy (non-hydrogen) atoms. The summed E-state index contributed by atoms with van der Waals surface area (Å²) in [4.78, 5) is 5.97. The zero-order valence-corrected chi connectivity index (χ0v) is 13.5. The standard InChI is InChI=1S/C16H22BrN3/c1-18-8-12-3-2-6-20(10-12)11-13-9-19-16-5-4-14(17)7-15(13)16/h4-5,7,9,12,18-19H,2-3,6,8,10-11H2,1H3. The lowest BCUT2D eigenvalue weighted by Crippen LogP contribution is -2.38. The number of benzene rings is 1. The summed E-state index contributed by atoms with van der Waals surface area (Å²) < 4.78 is 1.15. The largest absolute Gasteiger partial charge is 0.361 e. The van der Waals surface area contributed by atoms with Gasteiger partial charge in [0, 0.05) is 34.7 Å². The molecule has 2 aromatic rings. The van der Waals surface area contributed by atoms with Crippen molar-refractivity contribution in [3.8, 4) is 0 Å². The van der Waals surface area contributed by atoms with Gasteiger partial charge in [0.1, 0.15) is 0 Å². The van der Waals surface area contributed by atoms with E-state index in [1.807, 2.05) is 0 Å². The summed E-state index contributed by atoms with van der Waals surface area (Å²) in [6.45, 7) is 4.62. The van der Waals surface area contributed by atoms with Crippen molar-refractivity contribution in [1.82, 2.24) is 15.2 Å². The molecule has 3 nitrogen and oxygen atoms in total. The van der Waals surface area contributed by atoms with E-state index in [0.717, 1.165) is 23.5 Å². The van der Waals surface area contributed by atoms with Gasteiger partial charge in [-0.2, -0.15) is 0 Å². The maximum atomic E-state index is 3.57. The molecule has 3 rings (SSSR count). The van der Waals surface area contributed by atoms with E-state index in [2.05, 4.69) is 62.6 Å². The molecule has 1 fully saturated rings. The predicted molar refractivity (Wildman–Crippen MR) is 87.9 cm³/mol. The minimum absolute atomic E-state index is 0.797. The van der Waals surface area contributed by atoms with Crippen LogP contribution < -0.4 is 5.32 Å². The third-order valence-corrected chi connectivity index (χ3v) is 4.71. The van der Waals surface area contributed by atoms with Gasteiger partial charge < -0.3 is 10.3 Å². The Bertz CT molecular complexity index is 576. The van der Waals surface area contributed by atoms with E-state index in [0.29, 0.717) is 0 Å². The van der Waals surface area contributed by atoms with Gasteiger partial charge in [-0.05, 0) is 62.7 Å². The monoisotopic (exact) mass is 335 g/mol. The zero-order chi connectivity index (χ0) is 13.9. The Morgan fingerprint density at radius 3 is 3.20 bits per heavy atom. The number of hydrogen-bond donors (Lipinski definition) is 2. The fourth-order valence-corrected chi connectivity index (χ4v) is 3.63. The molecule has 1 saturated heterocycles. The first-order valence-corrected chi connectivity index (χ1v) is 8.18. The molecule has 1 atom stereocenters. The summed E-state index contributed by atoms with van der Waals surface area (Å²) in [5.74, 6) is 0.797. The fraction of sp³-hybridized carbons (Fsp3) is 0.500. The third kappa shape index (κ3) is 3.08. The molecule has 1 aliphatic rings. The Morgan fingerprint density at radius 2 is 2.35 bits per heavy atom. The molecule has 1 aromatic carbocycles. The van der Waals surface area contributed by atoms with Crippen LogP contribution in [0.2, 0.25) is 0 Å². The normalized spacial score (nSPS) is 20.6. The SMILES string of the molecule is CNCC1CCCN(Cc2c[nH]c3ccc(Br)cc23)C1. The molecule has 0 saturated carbocycles. The van der Waals surface area contributed by atoms with E-state index in [9.17, 15) is 0 Å². The van der Waals surface area contributed by atoms with Gasteiger partial charge in [-0.25, -0.2) is 0 Å². The Morgan fingerprint density at radius 1 is 1.45 bits per heavy atom. The summed E-state index contributed by atoms with van der Waals surface area (Å²) in [6.07, 6.45) is 4.84. The molecule has 1 unspecified atom stereocenters. The van der Waals surface area contributed by atoms with Crippen LogP contribution in [0.3, 0.4) is 0 Å². The Labute approximate surface area is 128 Å². The molecule has 0 bridgehead atoms. The van der Waals surface area contributed by atoms with Crippen LogP contribution in [0.1, 0.15) is 18.4 Å². The van der Waals surface area contributed by atoms with Crippen LogP contribution in [0.5, 0.6) is 0 Å². The summed E-state index contributed by atoms with van der Waals surface area (Å²) in [7, 11) is 2.05. The number of aromatic amines is 1. The number of rotatable bonds is 4. The first-order chi connectivity index (χ1) is 9.76. The van der Waals surface area contributed by atoms with Gasteiger partial charge in [0.2, 0.25) is 0 Å². The van der Waals surface area contributed by atoms with Crippen LogP contribution in [-0.4, -0.2) is 36.6 Å². The highest BCUT2D eigenvalue weighted by molar-refractivity contribution is 9.10. The van der Waals surface area contributed by atoms with Gasteiger partial charge in [0.15, 0.2) is 0 Å². The van der Waals surface area contributed by atoms with Crippen molar-refractivity contribution in [2.24, 2.45) is 5.92 Å². The molecule has 0 amide bonds. The first-order valence-electron chi connectivity index (χ1n) is 7.38. The number of piperidine rings is 1. The molecule has 2 heterocycles. The lowest BCUT2D eigenvalue weighted by molar-refractivity contribution is 0.167. The number of halogens is 1. The molecule has 2 N–H and O–H groups in total. The van der Waals surface area contributed by atoms with Crippen LogP contribution in [0, 0.1) is 5.92 Å². The van der Waals surface area contributed by atoms with Crippen molar-refractivity contribution in [3.63, 3.8) is 0 Å². The highest BCUT2D eigenvalue weighted by Gasteiger charge is 2.20. The van der Waals surface area contributed by atoms with Crippen molar-refractivity contribution >= 4 is 26.8 Å². The lowest BCUT2D eigenvalue weighted by atomic mass is 9.97. The number of fused-ring (bicyclic) bond motifs is 1. The Kier molecular flexibility index (Phi) is 4.44. The van der Waals surface area contributed by atoms with E-state index in [1.165, 1.54) is 42.4 Å². The summed E-state index contributed by atoms with van der Waals surface area (Å²) >= 11 is 3.57. The maximum absolute atomic E-state index is 3.57. The number of nitrogens with one attached hydrogen (secondary N) is 2. The number of hydrogen-bond acceptors (Lipinski definition) is 2. The van der Waals surface area contributed by atoms with Crippen molar-refractivity contribution in [2.45, 2.75) is 19.4 Å². The van der Waals surface area contributed by atoms with Gasteiger partial charge >= 0.3 is 0 Å². The molecule has 1 aromatic heterocycles. The summed E-state index contributed by atoms with van der Waals surface area (Å²) in [5.41, 5.74) is 2.64. The first kappa shape index (κ1) is 14.1. The summed E-state index contributed by atoms with van der Waals surface area (Å²) in [6, 6.07) is 6.45. The van der Waals surface area contributed by atoms with Gasteiger partial charge in [-0.1, -0.05) is 15.9 Å². The number of aromatic nitrogens is 1. The average molecular weight is 336 g/mol. The Balaban J connectivity index is 1.74. The molecule has 108 valence electrons. The molecular formula is C16H22BrN3. The second kappa shape index (κ2) is 6.29. The van der Waals surface area contributed by atoms with Crippen LogP contribution in [0.25, 0.3) is 10.9 Å². The van der Waals surface area contributed by atoms with Crippen molar-refractivity contribution in [1.29, 1.82) is 0 Å². The Hall–Kier alpha value is -0.840. The van der Waals surface area contributed by atoms with Crippen LogP contribution in [-0.2, 0) is 6.54 Å². The molecule has 0 aliphatic carbocycles. The predicted octanol–water partition coefficient (Wildman–Crippen LogP) is 3.36. The van der Waals surface area contributed by atoms with Gasteiger partial charge in [0.25, 0.3) is 0 Å². The molecule has 0 radical (unpaired) electrons. The van der Waals surface area contributed by atoms with E-state index in [4.69, 9.17) is 0 Å². The fourth-order valence-electron chi connectivity index (χ4n) is 3.27. The molecule has 0 spiro atoms. The topological polar surface area (TPSA) is 31.1 Å². The van der Waals surface area contributed by atoms with Crippen molar-refractivity contribution in [2.75, 3.05) is 26.7 Å². The van der Waals surface area contributed by atoms with E-state index in [1.54, 1.807) is 0 Å². The van der Waals surface area contributed by atoms with E-state index in [-0.39, 0.29) is 0 Å². The average Bonchev–Trinajstić information content (AvgIpc) is 2.82. The highest BCUT2D eigenvalue weighted by atomic mass is 79.9. The minimum atomic E-state index is 0.797. The van der Waals surface area contributed by atoms with Crippen molar-refractivity contribution < 1.29 is 0 Å². The quantitative estimate of drug-likeness (QED) is 0.897. The number of likely N-dealkylation sites (tertiary alicyclic amines) is 1. The molecule has 1 aliphatic heterocycles. The molecule has 4 heteroatoms. The summed E-state index contributed by atoms with van der Waals surface area (Å²) in [5, 5.41) is 4.66. The zero-order valence-electron chi connectivity index (χ0n) is 12.0. The molecular weight excluding hydrogens is 314 g/mol. The van der Waals surface area contributed by atoms with Crippen molar-refractivity contribution in [3.05, 3.63) is 34.4 Å². The van der Waals surface area contributed by atoms with Gasteiger partial charge in [-0.3, -0.25) is 4.90 Å². The van der Waals surface area contributed by atoms with Gasteiger partial charge in [-0.15, -0.1) is 0 Å². The second-order valence-electron chi connectivity index (χ2n) is 5.80. The van der Waals surface area contributed by atoms with E-state index < -0.39 is 0 Å². The van der Waals surface area contributed by atoms with Crippen LogP contribution >= 0.6 is 15.9 Å². The third-order valence-electron chi connectivity index (χ3n) is 4.22. The number of nitrogens with zero attached hydrogens (tertiary/aromatic N) is 1. The minimum Gasteiger partial charge on any atom is -0.361 e. The smallest absolute Gasteiger partial charge is 0.0458 e. The highest BCUT2D eigenvalue weighted by Crippen LogP contribution is 2.25. The second-order valence-corrected chi connectivity index (χ2v) is 6.72. The van der Waals surface area contributed by atoms with E-state index >= 15 is 0 Å².